The highest BCUT2D eigenvalue weighted by Gasteiger charge is 2.31. The Bertz CT molecular complexity index is 536. The van der Waals surface area contributed by atoms with Gasteiger partial charge in [-0.3, -0.25) is 4.79 Å². The fourth-order valence-electron chi connectivity index (χ4n) is 2.87. The minimum atomic E-state index is -0.640. The number of hydrogen-bond donors (Lipinski definition) is 2. The maximum absolute atomic E-state index is 12.1. The molecule has 2 aliphatic rings. The normalized spacial score (nSPS) is 22.9. The first kappa shape index (κ1) is 14.2. The number of fused-ring (bicyclic) bond motifs is 1. The molecule has 5 heteroatoms. The maximum Gasteiger partial charge on any atom is 0.246 e. The smallest absolute Gasteiger partial charge is 0.246 e. The Kier molecular flexibility index (Phi) is 3.76. The second kappa shape index (κ2) is 5.56. The molecular formula is C16H22N2O3. The van der Waals surface area contributed by atoms with Crippen LogP contribution in [0.3, 0.4) is 0 Å². The fourth-order valence-corrected chi connectivity index (χ4v) is 2.87. The second-order valence-electron chi connectivity index (χ2n) is 6.23. The molecule has 0 saturated carbocycles. The zero-order chi connectivity index (χ0) is 14.9. The van der Waals surface area contributed by atoms with Crippen molar-refractivity contribution >= 4 is 11.6 Å². The van der Waals surface area contributed by atoms with E-state index in [1.54, 1.807) is 0 Å². The van der Waals surface area contributed by atoms with Gasteiger partial charge in [-0.1, -0.05) is 0 Å². The monoisotopic (exact) mass is 290 g/mol. The van der Waals surface area contributed by atoms with Gasteiger partial charge in [0.05, 0.1) is 0 Å². The number of nitrogens with one attached hydrogen (secondary N) is 2. The van der Waals surface area contributed by atoms with E-state index < -0.39 is 5.79 Å². The Morgan fingerprint density at radius 2 is 2.19 bits per heavy atom. The molecule has 1 aromatic rings. The van der Waals surface area contributed by atoms with Crippen molar-refractivity contribution in [1.29, 1.82) is 0 Å². The van der Waals surface area contributed by atoms with Crippen molar-refractivity contribution in [2.24, 2.45) is 5.92 Å². The number of carbonyl (C=O) groups excluding carboxylic acids is 1. The summed E-state index contributed by atoms with van der Waals surface area (Å²) < 4.78 is 11.3. The molecule has 1 fully saturated rings. The number of carbonyl (C=O) groups is 1. The first-order chi connectivity index (χ1) is 10.0. The van der Waals surface area contributed by atoms with Crippen LogP contribution in [0.5, 0.6) is 11.5 Å². The van der Waals surface area contributed by atoms with E-state index in [1.807, 2.05) is 32.0 Å². The molecule has 2 N–H and O–H groups in total. The summed E-state index contributed by atoms with van der Waals surface area (Å²) >= 11 is 0. The third-order valence-electron chi connectivity index (χ3n) is 3.81. The average Bonchev–Trinajstić information content (AvgIpc) is 2.73. The standard InChI is InChI=1S/C16H22N2O3/c1-16(2)20-13-6-5-12(9-14(13)21-16)18-15(19)8-11-4-3-7-17-10-11/h5-6,9,11,17H,3-4,7-8,10H2,1-2H3,(H,18,19). The molecule has 2 aliphatic heterocycles. The summed E-state index contributed by atoms with van der Waals surface area (Å²) in [6.45, 7) is 5.72. The summed E-state index contributed by atoms with van der Waals surface area (Å²) in [5.41, 5.74) is 0.754. The van der Waals surface area contributed by atoms with Crippen LogP contribution in [0.2, 0.25) is 0 Å². The highest BCUT2D eigenvalue weighted by molar-refractivity contribution is 5.91. The summed E-state index contributed by atoms with van der Waals surface area (Å²) in [4.78, 5) is 12.1. The topological polar surface area (TPSA) is 59.6 Å². The molecule has 0 aromatic heterocycles. The van der Waals surface area contributed by atoms with E-state index in [9.17, 15) is 4.79 Å². The minimum absolute atomic E-state index is 0.0572. The summed E-state index contributed by atoms with van der Waals surface area (Å²) in [6, 6.07) is 5.50. The van der Waals surface area contributed by atoms with E-state index >= 15 is 0 Å². The lowest BCUT2D eigenvalue weighted by Gasteiger charge is -2.22. The number of anilines is 1. The highest BCUT2D eigenvalue weighted by Crippen LogP contribution is 2.40. The first-order valence-corrected chi connectivity index (χ1v) is 7.54. The SMILES string of the molecule is CC1(C)Oc2ccc(NC(=O)CC3CCCNC3)cc2O1. The Morgan fingerprint density at radius 1 is 1.38 bits per heavy atom. The zero-order valence-electron chi connectivity index (χ0n) is 12.6. The Hall–Kier alpha value is -1.75. The van der Waals surface area contributed by atoms with E-state index in [2.05, 4.69) is 10.6 Å². The molecule has 1 unspecified atom stereocenters. The molecule has 1 aromatic carbocycles. The molecule has 0 spiro atoms. The van der Waals surface area contributed by atoms with Gasteiger partial charge in [-0.15, -0.1) is 0 Å². The minimum Gasteiger partial charge on any atom is -0.449 e. The van der Waals surface area contributed by atoms with Gasteiger partial charge in [-0.05, 0) is 44.0 Å². The van der Waals surface area contributed by atoms with Gasteiger partial charge >= 0.3 is 0 Å². The summed E-state index contributed by atoms with van der Waals surface area (Å²) in [5, 5.41) is 6.27. The number of piperidine rings is 1. The summed E-state index contributed by atoms with van der Waals surface area (Å²) in [7, 11) is 0. The molecule has 1 amide bonds. The summed E-state index contributed by atoms with van der Waals surface area (Å²) in [5.74, 6) is 1.25. The van der Waals surface area contributed by atoms with Gasteiger partial charge in [0.2, 0.25) is 11.7 Å². The molecule has 0 radical (unpaired) electrons. The third-order valence-corrected chi connectivity index (χ3v) is 3.81. The molecule has 0 aliphatic carbocycles. The molecule has 1 saturated heterocycles. The van der Waals surface area contributed by atoms with Crippen molar-refractivity contribution in [2.75, 3.05) is 18.4 Å². The predicted molar refractivity (Wildman–Crippen MR) is 80.6 cm³/mol. The lowest BCUT2D eigenvalue weighted by molar-refractivity contribution is -0.117. The van der Waals surface area contributed by atoms with Crippen LogP contribution in [0.4, 0.5) is 5.69 Å². The van der Waals surface area contributed by atoms with E-state index in [-0.39, 0.29) is 5.91 Å². The largest absolute Gasteiger partial charge is 0.449 e. The third kappa shape index (κ3) is 3.47. The number of benzene rings is 1. The number of hydrogen-bond acceptors (Lipinski definition) is 4. The van der Waals surface area contributed by atoms with Gasteiger partial charge in [-0.2, -0.15) is 0 Å². The lowest BCUT2D eigenvalue weighted by atomic mass is 9.96. The van der Waals surface area contributed by atoms with Crippen LogP contribution in [-0.4, -0.2) is 24.8 Å². The van der Waals surface area contributed by atoms with E-state index in [0.717, 1.165) is 37.4 Å². The van der Waals surface area contributed by atoms with E-state index in [1.165, 1.54) is 0 Å². The van der Waals surface area contributed by atoms with Crippen molar-refractivity contribution < 1.29 is 14.3 Å². The lowest BCUT2D eigenvalue weighted by Crippen LogP contribution is -2.32. The van der Waals surface area contributed by atoms with Crippen LogP contribution in [-0.2, 0) is 4.79 Å². The van der Waals surface area contributed by atoms with Crippen molar-refractivity contribution in [3.8, 4) is 11.5 Å². The van der Waals surface area contributed by atoms with Gasteiger partial charge in [0.15, 0.2) is 11.5 Å². The molecule has 2 heterocycles. The van der Waals surface area contributed by atoms with E-state index in [0.29, 0.717) is 18.1 Å². The van der Waals surface area contributed by atoms with Gasteiger partial charge in [0.1, 0.15) is 0 Å². The molecule has 3 rings (SSSR count). The zero-order valence-corrected chi connectivity index (χ0v) is 12.6. The van der Waals surface area contributed by atoms with Crippen LogP contribution < -0.4 is 20.1 Å². The highest BCUT2D eigenvalue weighted by atomic mass is 16.7. The van der Waals surface area contributed by atoms with Crippen LogP contribution in [0.25, 0.3) is 0 Å². The van der Waals surface area contributed by atoms with Crippen molar-refractivity contribution in [1.82, 2.24) is 5.32 Å². The van der Waals surface area contributed by atoms with E-state index in [4.69, 9.17) is 9.47 Å². The van der Waals surface area contributed by atoms with Crippen molar-refractivity contribution in [3.63, 3.8) is 0 Å². The molecule has 21 heavy (non-hydrogen) atoms. The molecular weight excluding hydrogens is 268 g/mol. The van der Waals surface area contributed by atoms with Gasteiger partial charge in [-0.25, -0.2) is 0 Å². The first-order valence-electron chi connectivity index (χ1n) is 7.54. The second-order valence-corrected chi connectivity index (χ2v) is 6.23. The number of ether oxygens (including phenoxy) is 2. The van der Waals surface area contributed by atoms with Crippen molar-refractivity contribution in [3.05, 3.63) is 18.2 Å². The Labute approximate surface area is 125 Å². The van der Waals surface area contributed by atoms with Crippen LogP contribution in [0.1, 0.15) is 33.1 Å². The van der Waals surface area contributed by atoms with Gasteiger partial charge in [0, 0.05) is 32.0 Å². The Balaban J connectivity index is 1.59. The molecule has 0 bridgehead atoms. The Morgan fingerprint density at radius 3 is 2.95 bits per heavy atom. The van der Waals surface area contributed by atoms with Crippen molar-refractivity contribution in [2.45, 2.75) is 38.9 Å². The molecule has 1 atom stereocenters. The maximum atomic E-state index is 12.1. The van der Waals surface area contributed by atoms with Gasteiger partial charge in [0.25, 0.3) is 0 Å². The number of rotatable bonds is 3. The number of amides is 1. The fraction of sp³-hybridized carbons (Fsp3) is 0.562. The summed E-state index contributed by atoms with van der Waals surface area (Å²) in [6.07, 6.45) is 2.83. The average molecular weight is 290 g/mol. The van der Waals surface area contributed by atoms with Crippen LogP contribution in [0, 0.1) is 5.92 Å². The quantitative estimate of drug-likeness (QED) is 0.898. The van der Waals surface area contributed by atoms with Crippen LogP contribution >= 0.6 is 0 Å². The molecule has 5 nitrogen and oxygen atoms in total. The van der Waals surface area contributed by atoms with Gasteiger partial charge < -0.3 is 20.1 Å². The van der Waals surface area contributed by atoms with Crippen LogP contribution in [0.15, 0.2) is 18.2 Å². The molecule has 114 valence electrons. The predicted octanol–water partition coefficient (Wildman–Crippen LogP) is 2.52.